The molecule has 14 heavy (non-hydrogen) atoms. The van der Waals surface area contributed by atoms with Crippen molar-refractivity contribution < 1.29 is 5.11 Å². The van der Waals surface area contributed by atoms with E-state index in [4.69, 9.17) is 0 Å². The molecule has 2 heterocycles. The molecule has 3 nitrogen and oxygen atoms in total. The van der Waals surface area contributed by atoms with Crippen molar-refractivity contribution in [1.29, 1.82) is 0 Å². The third-order valence-electron chi connectivity index (χ3n) is 2.61. The van der Waals surface area contributed by atoms with Crippen LogP contribution in [0.1, 0.15) is 42.5 Å². The Morgan fingerprint density at radius 2 is 2.57 bits per heavy atom. The fraction of sp³-hybridized carbons (Fsp3) is 0.700. The van der Waals surface area contributed by atoms with Crippen molar-refractivity contribution in [1.82, 2.24) is 10.3 Å². The Labute approximate surface area is 88.2 Å². The number of piperidine rings is 1. The number of hydrogen-bond acceptors (Lipinski definition) is 4. The first-order valence-corrected chi connectivity index (χ1v) is 5.99. The number of nitrogens with one attached hydrogen (secondary N) is 1. The smallest absolute Gasteiger partial charge is 0.0973 e. The zero-order valence-electron chi connectivity index (χ0n) is 8.36. The number of aliphatic hydroxyl groups is 1. The van der Waals surface area contributed by atoms with Gasteiger partial charge in [0.15, 0.2) is 0 Å². The number of rotatable bonds is 2. The molecule has 4 heteroatoms. The highest BCUT2D eigenvalue weighted by Gasteiger charge is 2.19. The molecule has 1 saturated heterocycles. The molecule has 1 aromatic rings. The number of nitrogens with zero attached hydrogens (tertiary/aromatic N) is 1. The normalized spacial score (nSPS) is 24.9. The van der Waals surface area contributed by atoms with E-state index in [1.807, 2.05) is 5.38 Å². The largest absolute Gasteiger partial charge is 0.387 e. The lowest BCUT2D eigenvalue weighted by atomic mass is 10.0. The van der Waals surface area contributed by atoms with Crippen LogP contribution in [0.5, 0.6) is 0 Å². The maximum absolute atomic E-state index is 9.36. The summed E-state index contributed by atoms with van der Waals surface area (Å²) in [7, 11) is 0. The summed E-state index contributed by atoms with van der Waals surface area (Å²) >= 11 is 1.67. The standard InChI is InChI=1S/C10H16N2OS/c1-7(13)9-6-14-10(12-9)8-3-2-4-11-5-8/h6-8,11,13H,2-5H2,1H3. The summed E-state index contributed by atoms with van der Waals surface area (Å²) < 4.78 is 0. The fourth-order valence-corrected chi connectivity index (χ4v) is 2.79. The van der Waals surface area contributed by atoms with Crippen LogP contribution in [0.15, 0.2) is 5.38 Å². The minimum Gasteiger partial charge on any atom is -0.387 e. The van der Waals surface area contributed by atoms with Gasteiger partial charge in [0.1, 0.15) is 0 Å². The molecule has 2 rings (SSSR count). The Bertz CT molecular complexity index is 292. The zero-order chi connectivity index (χ0) is 9.97. The number of aliphatic hydroxyl groups excluding tert-OH is 1. The molecule has 1 aromatic heterocycles. The van der Waals surface area contributed by atoms with E-state index in [1.165, 1.54) is 17.8 Å². The van der Waals surface area contributed by atoms with Gasteiger partial charge in [-0.05, 0) is 26.3 Å². The Morgan fingerprint density at radius 1 is 1.71 bits per heavy atom. The third-order valence-corrected chi connectivity index (χ3v) is 3.64. The fourth-order valence-electron chi connectivity index (χ4n) is 1.74. The van der Waals surface area contributed by atoms with Crippen molar-refractivity contribution in [2.24, 2.45) is 0 Å². The van der Waals surface area contributed by atoms with E-state index in [9.17, 15) is 5.11 Å². The predicted molar refractivity (Wildman–Crippen MR) is 57.6 cm³/mol. The summed E-state index contributed by atoms with van der Waals surface area (Å²) in [6, 6.07) is 0. The van der Waals surface area contributed by atoms with Gasteiger partial charge in [0.25, 0.3) is 0 Å². The number of aromatic nitrogens is 1. The van der Waals surface area contributed by atoms with Gasteiger partial charge in [-0.15, -0.1) is 11.3 Å². The van der Waals surface area contributed by atoms with E-state index in [0.29, 0.717) is 5.92 Å². The number of thiazole rings is 1. The van der Waals surface area contributed by atoms with Crippen molar-refractivity contribution in [2.45, 2.75) is 31.8 Å². The molecule has 1 fully saturated rings. The average Bonchev–Trinajstić information content (AvgIpc) is 2.68. The van der Waals surface area contributed by atoms with Crippen molar-refractivity contribution in [3.8, 4) is 0 Å². The highest BCUT2D eigenvalue weighted by atomic mass is 32.1. The van der Waals surface area contributed by atoms with Gasteiger partial charge in [0, 0.05) is 17.8 Å². The molecule has 1 aliphatic rings. The lowest BCUT2D eigenvalue weighted by Crippen LogP contribution is -2.28. The minimum atomic E-state index is -0.434. The summed E-state index contributed by atoms with van der Waals surface area (Å²) in [6.45, 7) is 3.93. The lowest BCUT2D eigenvalue weighted by molar-refractivity contribution is 0.194. The van der Waals surface area contributed by atoms with Crippen LogP contribution in [0, 0.1) is 0 Å². The van der Waals surface area contributed by atoms with E-state index < -0.39 is 6.10 Å². The molecule has 2 atom stereocenters. The lowest BCUT2D eigenvalue weighted by Gasteiger charge is -2.20. The molecule has 0 radical (unpaired) electrons. The van der Waals surface area contributed by atoms with Gasteiger partial charge in [0.2, 0.25) is 0 Å². The quantitative estimate of drug-likeness (QED) is 0.783. The van der Waals surface area contributed by atoms with E-state index in [-0.39, 0.29) is 0 Å². The van der Waals surface area contributed by atoms with Crippen LogP contribution in [-0.2, 0) is 0 Å². The maximum atomic E-state index is 9.36. The predicted octanol–water partition coefficient (Wildman–Crippen LogP) is 1.66. The molecule has 0 spiro atoms. The van der Waals surface area contributed by atoms with E-state index in [0.717, 1.165) is 18.8 Å². The molecular formula is C10H16N2OS. The first-order chi connectivity index (χ1) is 6.77. The van der Waals surface area contributed by atoms with E-state index in [2.05, 4.69) is 10.3 Å². The molecule has 2 unspecified atom stereocenters. The summed E-state index contributed by atoms with van der Waals surface area (Å²) in [5.41, 5.74) is 0.815. The zero-order valence-corrected chi connectivity index (χ0v) is 9.18. The summed E-state index contributed by atoms with van der Waals surface area (Å²) in [4.78, 5) is 4.46. The molecule has 0 bridgehead atoms. The molecule has 2 N–H and O–H groups in total. The van der Waals surface area contributed by atoms with Crippen LogP contribution in [0.25, 0.3) is 0 Å². The first kappa shape index (κ1) is 10.1. The van der Waals surface area contributed by atoms with Gasteiger partial charge >= 0.3 is 0 Å². The van der Waals surface area contributed by atoms with Gasteiger partial charge in [-0.2, -0.15) is 0 Å². The first-order valence-electron chi connectivity index (χ1n) is 5.11. The van der Waals surface area contributed by atoms with Crippen molar-refractivity contribution in [3.05, 3.63) is 16.1 Å². The molecular weight excluding hydrogens is 196 g/mol. The van der Waals surface area contributed by atoms with Crippen LogP contribution < -0.4 is 5.32 Å². The Hall–Kier alpha value is -0.450. The average molecular weight is 212 g/mol. The van der Waals surface area contributed by atoms with E-state index in [1.54, 1.807) is 18.3 Å². The van der Waals surface area contributed by atoms with Crippen LogP contribution in [-0.4, -0.2) is 23.2 Å². The molecule has 78 valence electrons. The topological polar surface area (TPSA) is 45.1 Å². The second-order valence-electron chi connectivity index (χ2n) is 3.83. The maximum Gasteiger partial charge on any atom is 0.0973 e. The van der Waals surface area contributed by atoms with Gasteiger partial charge in [-0.3, -0.25) is 0 Å². The highest BCUT2D eigenvalue weighted by molar-refractivity contribution is 7.09. The van der Waals surface area contributed by atoms with Crippen molar-refractivity contribution in [3.63, 3.8) is 0 Å². The van der Waals surface area contributed by atoms with Crippen LogP contribution >= 0.6 is 11.3 Å². The van der Waals surface area contributed by atoms with Gasteiger partial charge < -0.3 is 10.4 Å². The van der Waals surface area contributed by atoms with E-state index >= 15 is 0 Å². The molecule has 1 aliphatic heterocycles. The van der Waals surface area contributed by atoms with Gasteiger partial charge in [0.05, 0.1) is 16.8 Å². The second kappa shape index (κ2) is 4.38. The summed E-state index contributed by atoms with van der Waals surface area (Å²) in [5.74, 6) is 0.557. The monoisotopic (exact) mass is 212 g/mol. The molecule has 0 aliphatic carbocycles. The SMILES string of the molecule is CC(O)c1csc(C2CCCNC2)n1. The van der Waals surface area contributed by atoms with Gasteiger partial charge in [-0.1, -0.05) is 0 Å². The Balaban J connectivity index is 2.07. The number of hydrogen-bond donors (Lipinski definition) is 2. The highest BCUT2D eigenvalue weighted by Crippen LogP contribution is 2.27. The summed E-state index contributed by atoms with van der Waals surface area (Å²) in [6.07, 6.45) is 2.02. The third kappa shape index (κ3) is 2.13. The Morgan fingerprint density at radius 3 is 3.14 bits per heavy atom. The van der Waals surface area contributed by atoms with Crippen LogP contribution in [0.2, 0.25) is 0 Å². The van der Waals surface area contributed by atoms with Crippen molar-refractivity contribution >= 4 is 11.3 Å². The van der Waals surface area contributed by atoms with Crippen LogP contribution in [0.3, 0.4) is 0 Å². The molecule has 0 aromatic carbocycles. The summed E-state index contributed by atoms with van der Waals surface area (Å²) in [5, 5.41) is 15.9. The molecule has 0 saturated carbocycles. The van der Waals surface area contributed by atoms with Gasteiger partial charge in [-0.25, -0.2) is 4.98 Å². The molecule has 0 amide bonds. The Kier molecular flexibility index (Phi) is 3.15. The van der Waals surface area contributed by atoms with Crippen LogP contribution in [0.4, 0.5) is 0 Å². The minimum absolute atomic E-state index is 0.434. The second-order valence-corrected chi connectivity index (χ2v) is 4.72. The van der Waals surface area contributed by atoms with Crippen molar-refractivity contribution in [2.75, 3.05) is 13.1 Å².